The van der Waals surface area contributed by atoms with Gasteiger partial charge in [-0.3, -0.25) is 4.79 Å². The first-order chi connectivity index (χ1) is 7.15. The predicted molar refractivity (Wildman–Crippen MR) is 59.5 cm³/mol. The lowest BCUT2D eigenvalue weighted by atomic mass is 10.3. The Kier molecular flexibility index (Phi) is 4.34. The third-order valence-electron chi connectivity index (χ3n) is 2.41. The molecular formula is C11H19N3O. The summed E-state index contributed by atoms with van der Waals surface area (Å²) in [5, 5.41) is 0. The van der Waals surface area contributed by atoms with Crippen LogP contribution in [0.4, 0.5) is 0 Å². The molecule has 84 valence electrons. The second-order valence-corrected chi connectivity index (χ2v) is 3.78. The van der Waals surface area contributed by atoms with Crippen molar-refractivity contribution in [3.8, 4) is 0 Å². The minimum Gasteiger partial charge on any atom is -0.349 e. The van der Waals surface area contributed by atoms with Crippen LogP contribution in [-0.4, -0.2) is 34.5 Å². The average Bonchev–Trinajstić information content (AvgIpc) is 2.65. The summed E-state index contributed by atoms with van der Waals surface area (Å²) >= 11 is 0. The van der Waals surface area contributed by atoms with Crippen molar-refractivity contribution in [2.75, 3.05) is 14.1 Å². The van der Waals surface area contributed by atoms with Gasteiger partial charge in [-0.25, -0.2) is 4.98 Å². The summed E-state index contributed by atoms with van der Waals surface area (Å²) in [7, 11) is 3.58. The minimum absolute atomic E-state index is 0.188. The molecule has 1 amide bonds. The Bertz CT molecular complexity index is 317. The number of nitrogens with zero attached hydrogens (tertiary/aromatic N) is 3. The van der Waals surface area contributed by atoms with Crippen LogP contribution in [0.1, 0.15) is 25.6 Å². The zero-order valence-corrected chi connectivity index (χ0v) is 9.73. The molecule has 0 fully saturated rings. The van der Waals surface area contributed by atoms with Gasteiger partial charge in [0, 0.05) is 45.9 Å². The molecule has 0 saturated heterocycles. The second-order valence-electron chi connectivity index (χ2n) is 3.78. The number of imidazole rings is 1. The van der Waals surface area contributed by atoms with Crippen molar-refractivity contribution < 1.29 is 4.79 Å². The lowest BCUT2D eigenvalue weighted by Gasteiger charge is -2.10. The van der Waals surface area contributed by atoms with Crippen LogP contribution in [0, 0.1) is 0 Å². The van der Waals surface area contributed by atoms with Crippen molar-refractivity contribution in [3.63, 3.8) is 0 Å². The number of hydrogen-bond donors (Lipinski definition) is 0. The molecule has 0 saturated carbocycles. The highest BCUT2D eigenvalue weighted by Gasteiger charge is 2.04. The fourth-order valence-electron chi connectivity index (χ4n) is 1.48. The average molecular weight is 209 g/mol. The van der Waals surface area contributed by atoms with Crippen molar-refractivity contribution in [1.29, 1.82) is 0 Å². The van der Waals surface area contributed by atoms with Crippen LogP contribution in [0.15, 0.2) is 12.4 Å². The van der Waals surface area contributed by atoms with Gasteiger partial charge in [0.15, 0.2) is 0 Å². The molecule has 1 aromatic heterocycles. The normalized spacial score (nSPS) is 10.3. The Morgan fingerprint density at radius 1 is 1.53 bits per heavy atom. The fourth-order valence-corrected chi connectivity index (χ4v) is 1.48. The second kappa shape index (κ2) is 5.53. The molecule has 1 rings (SSSR count). The van der Waals surface area contributed by atoms with Crippen LogP contribution in [-0.2, 0) is 17.8 Å². The topological polar surface area (TPSA) is 38.1 Å². The van der Waals surface area contributed by atoms with E-state index in [1.165, 1.54) is 0 Å². The van der Waals surface area contributed by atoms with Gasteiger partial charge in [-0.15, -0.1) is 0 Å². The van der Waals surface area contributed by atoms with E-state index in [2.05, 4.69) is 16.5 Å². The highest BCUT2D eigenvalue weighted by atomic mass is 16.2. The zero-order chi connectivity index (χ0) is 11.3. The molecule has 0 atom stereocenters. The number of amides is 1. The van der Waals surface area contributed by atoms with Crippen molar-refractivity contribution in [2.45, 2.75) is 32.7 Å². The molecule has 4 nitrogen and oxygen atoms in total. The molecule has 0 aromatic carbocycles. The number of aromatic nitrogens is 2. The van der Waals surface area contributed by atoms with Gasteiger partial charge >= 0.3 is 0 Å². The van der Waals surface area contributed by atoms with Crippen LogP contribution in [0.5, 0.6) is 0 Å². The van der Waals surface area contributed by atoms with Crippen LogP contribution in [0.2, 0.25) is 0 Å². The molecular weight excluding hydrogens is 190 g/mol. The smallest absolute Gasteiger partial charge is 0.222 e. The van der Waals surface area contributed by atoms with Gasteiger partial charge in [-0.2, -0.15) is 0 Å². The van der Waals surface area contributed by atoms with E-state index in [4.69, 9.17) is 0 Å². The lowest BCUT2D eigenvalue weighted by molar-refractivity contribution is -0.128. The monoisotopic (exact) mass is 209 g/mol. The van der Waals surface area contributed by atoms with E-state index in [9.17, 15) is 4.79 Å². The van der Waals surface area contributed by atoms with Gasteiger partial charge in [-0.05, 0) is 6.42 Å². The number of aryl methyl sites for hydroxylation is 2. The summed E-state index contributed by atoms with van der Waals surface area (Å²) in [6.45, 7) is 2.96. The first-order valence-electron chi connectivity index (χ1n) is 5.35. The van der Waals surface area contributed by atoms with E-state index in [1.807, 2.05) is 12.4 Å². The van der Waals surface area contributed by atoms with Crippen LogP contribution in [0.25, 0.3) is 0 Å². The lowest BCUT2D eigenvalue weighted by Crippen LogP contribution is -2.21. The first kappa shape index (κ1) is 11.8. The molecule has 0 spiro atoms. The van der Waals surface area contributed by atoms with E-state index in [0.29, 0.717) is 6.42 Å². The number of carbonyl (C=O) groups is 1. The Morgan fingerprint density at radius 3 is 2.87 bits per heavy atom. The molecule has 0 unspecified atom stereocenters. The molecule has 0 aliphatic rings. The Hall–Kier alpha value is -1.32. The Morgan fingerprint density at radius 2 is 2.27 bits per heavy atom. The van der Waals surface area contributed by atoms with Gasteiger partial charge in [0.1, 0.15) is 5.82 Å². The summed E-state index contributed by atoms with van der Waals surface area (Å²) in [5.74, 6) is 1.28. The maximum absolute atomic E-state index is 11.3. The van der Waals surface area contributed by atoms with Gasteiger partial charge in [0.05, 0.1) is 0 Å². The number of rotatable bonds is 5. The summed E-state index contributed by atoms with van der Waals surface area (Å²) in [6, 6.07) is 0. The van der Waals surface area contributed by atoms with Crippen molar-refractivity contribution in [1.82, 2.24) is 14.5 Å². The Balaban J connectivity index is 2.35. The van der Waals surface area contributed by atoms with Gasteiger partial charge < -0.3 is 9.47 Å². The Labute approximate surface area is 90.9 Å². The molecule has 4 heteroatoms. The maximum atomic E-state index is 11.3. The molecule has 0 bridgehead atoms. The van der Waals surface area contributed by atoms with E-state index < -0.39 is 0 Å². The van der Waals surface area contributed by atoms with Crippen LogP contribution in [0.3, 0.4) is 0 Å². The largest absolute Gasteiger partial charge is 0.349 e. The quantitative estimate of drug-likeness (QED) is 0.733. The van der Waals surface area contributed by atoms with E-state index >= 15 is 0 Å². The summed E-state index contributed by atoms with van der Waals surface area (Å²) in [6.07, 6.45) is 6.20. The first-order valence-corrected chi connectivity index (χ1v) is 5.35. The highest BCUT2D eigenvalue weighted by molar-refractivity contribution is 5.75. The van der Waals surface area contributed by atoms with Gasteiger partial charge in [-0.1, -0.05) is 6.92 Å². The molecule has 0 aliphatic heterocycles. The predicted octanol–water partition coefficient (Wildman–Crippen LogP) is 1.31. The SMILES string of the molecule is CCc1nccn1CCCC(=O)N(C)C. The van der Waals surface area contributed by atoms with Crippen molar-refractivity contribution in [2.24, 2.45) is 0 Å². The molecule has 1 aromatic rings. The fraction of sp³-hybridized carbons (Fsp3) is 0.636. The number of hydrogen-bond acceptors (Lipinski definition) is 2. The molecule has 0 aliphatic carbocycles. The summed E-state index contributed by atoms with van der Waals surface area (Å²) in [4.78, 5) is 17.2. The standard InChI is InChI=1S/C11H19N3O/c1-4-10-12-7-9-14(10)8-5-6-11(15)13(2)3/h7,9H,4-6,8H2,1-3H3. The third-order valence-corrected chi connectivity index (χ3v) is 2.41. The maximum Gasteiger partial charge on any atom is 0.222 e. The molecule has 15 heavy (non-hydrogen) atoms. The van der Waals surface area contributed by atoms with Gasteiger partial charge in [0.25, 0.3) is 0 Å². The number of carbonyl (C=O) groups excluding carboxylic acids is 1. The van der Waals surface area contributed by atoms with Gasteiger partial charge in [0.2, 0.25) is 5.91 Å². The zero-order valence-electron chi connectivity index (χ0n) is 9.73. The molecule has 0 N–H and O–H groups in total. The highest BCUT2D eigenvalue weighted by Crippen LogP contribution is 2.02. The summed E-state index contributed by atoms with van der Waals surface area (Å²) in [5.41, 5.74) is 0. The van der Waals surface area contributed by atoms with E-state index in [-0.39, 0.29) is 5.91 Å². The molecule has 0 radical (unpaired) electrons. The molecule has 1 heterocycles. The minimum atomic E-state index is 0.188. The van der Waals surface area contributed by atoms with Crippen LogP contribution < -0.4 is 0 Å². The third kappa shape index (κ3) is 3.38. The van der Waals surface area contributed by atoms with E-state index in [0.717, 1.165) is 25.2 Å². The van der Waals surface area contributed by atoms with Crippen LogP contribution >= 0.6 is 0 Å². The van der Waals surface area contributed by atoms with Crippen molar-refractivity contribution >= 4 is 5.91 Å². The van der Waals surface area contributed by atoms with Crippen molar-refractivity contribution in [3.05, 3.63) is 18.2 Å². The summed E-state index contributed by atoms with van der Waals surface area (Å²) < 4.78 is 2.11. The van der Waals surface area contributed by atoms with E-state index in [1.54, 1.807) is 19.0 Å².